The molecule has 0 aliphatic rings. The number of benzene rings is 1. The second kappa shape index (κ2) is 9.70. The Morgan fingerprint density at radius 1 is 0.917 bits per heavy atom. The summed E-state index contributed by atoms with van der Waals surface area (Å²) >= 11 is 0. The summed E-state index contributed by atoms with van der Waals surface area (Å²) in [6.45, 7) is 7.37. The maximum atomic E-state index is 12.7. The molecule has 2 amide bonds. The molecule has 1 aromatic rings. The number of nitrogens with zero attached hydrogens (tertiary/aromatic N) is 1. The summed E-state index contributed by atoms with van der Waals surface area (Å²) in [6.07, 6.45) is 2.34. The molecular formula is C18H26N2O4. The minimum atomic E-state index is -0.688. The summed E-state index contributed by atoms with van der Waals surface area (Å²) in [4.78, 5) is 38.0. The van der Waals surface area contributed by atoms with Gasteiger partial charge in [0.2, 0.25) is 5.91 Å². The van der Waals surface area contributed by atoms with E-state index in [1.807, 2.05) is 20.8 Å². The zero-order chi connectivity index (χ0) is 18.1. The number of amides is 2. The van der Waals surface area contributed by atoms with Crippen LogP contribution in [0.15, 0.2) is 18.2 Å². The molecule has 0 fully saturated rings. The Kier molecular flexibility index (Phi) is 7.95. The van der Waals surface area contributed by atoms with E-state index in [0.717, 1.165) is 12.8 Å². The number of primary amides is 1. The van der Waals surface area contributed by atoms with Crippen molar-refractivity contribution in [2.24, 2.45) is 5.73 Å². The fourth-order valence-corrected chi connectivity index (χ4v) is 2.33. The van der Waals surface area contributed by atoms with E-state index in [1.54, 1.807) is 4.90 Å². The topological polar surface area (TPSA) is 89.7 Å². The first-order valence-electron chi connectivity index (χ1n) is 8.35. The van der Waals surface area contributed by atoms with Gasteiger partial charge in [-0.15, -0.1) is 0 Å². The van der Waals surface area contributed by atoms with Crippen LogP contribution in [0.1, 0.15) is 71.1 Å². The summed E-state index contributed by atoms with van der Waals surface area (Å²) in [7, 11) is 0. The smallest absolute Gasteiger partial charge is 0.338 e. The average molecular weight is 334 g/mol. The van der Waals surface area contributed by atoms with Crippen LogP contribution in [0.4, 0.5) is 0 Å². The van der Waals surface area contributed by atoms with Crippen LogP contribution in [0.25, 0.3) is 0 Å². The molecule has 24 heavy (non-hydrogen) atoms. The van der Waals surface area contributed by atoms with Crippen LogP contribution in [-0.2, 0) is 4.74 Å². The molecule has 0 unspecified atom stereocenters. The van der Waals surface area contributed by atoms with Crippen LogP contribution in [0, 0.1) is 0 Å². The van der Waals surface area contributed by atoms with Crippen LogP contribution >= 0.6 is 0 Å². The lowest BCUT2D eigenvalue weighted by Crippen LogP contribution is -2.33. The zero-order valence-electron chi connectivity index (χ0n) is 14.6. The van der Waals surface area contributed by atoms with E-state index in [-0.39, 0.29) is 29.2 Å². The minimum absolute atomic E-state index is 0.122. The zero-order valence-corrected chi connectivity index (χ0v) is 14.6. The first-order chi connectivity index (χ1) is 11.4. The van der Waals surface area contributed by atoms with Gasteiger partial charge in [-0.2, -0.15) is 0 Å². The van der Waals surface area contributed by atoms with Gasteiger partial charge < -0.3 is 15.4 Å². The molecule has 2 N–H and O–H groups in total. The van der Waals surface area contributed by atoms with Gasteiger partial charge in [0.1, 0.15) is 0 Å². The molecule has 0 saturated heterocycles. The molecule has 1 aromatic carbocycles. The Bertz CT molecular complexity index is 593. The van der Waals surface area contributed by atoms with Crippen LogP contribution in [-0.4, -0.2) is 42.4 Å². The van der Waals surface area contributed by atoms with Gasteiger partial charge in [0.25, 0.3) is 5.91 Å². The predicted molar refractivity (Wildman–Crippen MR) is 92.0 cm³/mol. The Hall–Kier alpha value is -2.37. The molecule has 0 bridgehead atoms. The third kappa shape index (κ3) is 5.37. The molecule has 0 aliphatic heterocycles. The average Bonchev–Trinajstić information content (AvgIpc) is 2.58. The van der Waals surface area contributed by atoms with Gasteiger partial charge in [-0.1, -0.05) is 20.8 Å². The third-order valence-electron chi connectivity index (χ3n) is 3.41. The highest BCUT2D eigenvalue weighted by molar-refractivity contribution is 6.03. The van der Waals surface area contributed by atoms with Gasteiger partial charge in [-0.25, -0.2) is 4.79 Å². The Morgan fingerprint density at radius 2 is 1.46 bits per heavy atom. The molecule has 6 nitrogen and oxygen atoms in total. The summed E-state index contributed by atoms with van der Waals surface area (Å²) in [6, 6.07) is 4.26. The first kappa shape index (κ1) is 19.7. The Labute approximate surface area is 143 Å². The molecule has 6 heteroatoms. The fourth-order valence-electron chi connectivity index (χ4n) is 2.33. The number of hydrogen-bond acceptors (Lipinski definition) is 4. The summed E-state index contributed by atoms with van der Waals surface area (Å²) in [5.41, 5.74) is 5.89. The maximum Gasteiger partial charge on any atom is 0.338 e. The number of ether oxygens (including phenoxy) is 1. The van der Waals surface area contributed by atoms with Crippen LogP contribution < -0.4 is 5.73 Å². The molecular weight excluding hydrogens is 308 g/mol. The van der Waals surface area contributed by atoms with Crippen molar-refractivity contribution in [1.29, 1.82) is 0 Å². The summed E-state index contributed by atoms with van der Waals surface area (Å²) in [5, 5.41) is 0. The van der Waals surface area contributed by atoms with Crippen molar-refractivity contribution in [3.8, 4) is 0 Å². The number of esters is 1. The monoisotopic (exact) mass is 334 g/mol. The fraction of sp³-hybridized carbons (Fsp3) is 0.500. The van der Waals surface area contributed by atoms with Crippen molar-refractivity contribution in [3.63, 3.8) is 0 Å². The second-order valence-corrected chi connectivity index (χ2v) is 5.59. The van der Waals surface area contributed by atoms with E-state index < -0.39 is 11.9 Å². The van der Waals surface area contributed by atoms with E-state index >= 15 is 0 Å². The van der Waals surface area contributed by atoms with Crippen molar-refractivity contribution in [1.82, 2.24) is 4.90 Å². The lowest BCUT2D eigenvalue weighted by molar-refractivity contribution is 0.0505. The predicted octanol–water partition coefficient (Wildman–Crippen LogP) is 2.61. The molecule has 0 atom stereocenters. The number of nitrogens with two attached hydrogens (primary N) is 1. The summed E-state index contributed by atoms with van der Waals surface area (Å²) < 4.78 is 5.09. The van der Waals surface area contributed by atoms with Crippen LogP contribution in [0.5, 0.6) is 0 Å². The number of carbonyl (C=O) groups excluding carboxylic acids is 3. The molecule has 0 aromatic heterocycles. The van der Waals surface area contributed by atoms with E-state index in [2.05, 4.69) is 0 Å². The van der Waals surface area contributed by atoms with Crippen molar-refractivity contribution in [2.45, 2.75) is 40.0 Å². The van der Waals surface area contributed by atoms with Crippen LogP contribution in [0.2, 0.25) is 0 Å². The molecule has 0 saturated carbocycles. The van der Waals surface area contributed by atoms with Gasteiger partial charge in [-0.3, -0.25) is 9.59 Å². The lowest BCUT2D eigenvalue weighted by atomic mass is 10.0. The Balaban J connectivity index is 3.20. The summed E-state index contributed by atoms with van der Waals surface area (Å²) in [5.74, 6) is -1.47. The second-order valence-electron chi connectivity index (χ2n) is 5.59. The highest BCUT2D eigenvalue weighted by atomic mass is 16.5. The molecule has 132 valence electrons. The standard InChI is InChI=1S/C18H26N2O4/c1-4-7-20(8-5-2)17(22)14-10-13(16(19)21)11-15(12-14)18(23)24-9-6-3/h10-12H,4-9H2,1-3H3,(H2,19,21). The number of rotatable bonds is 9. The van der Waals surface area contributed by atoms with E-state index in [4.69, 9.17) is 10.5 Å². The van der Waals surface area contributed by atoms with Crippen LogP contribution in [0.3, 0.4) is 0 Å². The number of carbonyl (C=O) groups is 3. The van der Waals surface area contributed by atoms with E-state index in [1.165, 1.54) is 18.2 Å². The minimum Gasteiger partial charge on any atom is -0.462 e. The number of hydrogen-bond donors (Lipinski definition) is 1. The van der Waals surface area contributed by atoms with Gasteiger partial charge >= 0.3 is 5.97 Å². The van der Waals surface area contributed by atoms with Crippen molar-refractivity contribution >= 4 is 17.8 Å². The highest BCUT2D eigenvalue weighted by Crippen LogP contribution is 2.15. The van der Waals surface area contributed by atoms with E-state index in [9.17, 15) is 14.4 Å². The lowest BCUT2D eigenvalue weighted by Gasteiger charge is -2.22. The van der Waals surface area contributed by atoms with Gasteiger partial charge in [0, 0.05) is 24.2 Å². The highest BCUT2D eigenvalue weighted by Gasteiger charge is 2.19. The van der Waals surface area contributed by atoms with Crippen molar-refractivity contribution in [2.75, 3.05) is 19.7 Å². The van der Waals surface area contributed by atoms with Gasteiger partial charge in [-0.05, 0) is 37.5 Å². The van der Waals surface area contributed by atoms with Crippen molar-refractivity contribution in [3.05, 3.63) is 34.9 Å². The SMILES string of the molecule is CCCOC(=O)c1cc(C(N)=O)cc(C(=O)N(CCC)CCC)c1. The van der Waals surface area contributed by atoms with Gasteiger partial charge in [0.05, 0.1) is 12.2 Å². The quantitative estimate of drug-likeness (QED) is 0.703. The Morgan fingerprint density at radius 3 is 1.96 bits per heavy atom. The largest absolute Gasteiger partial charge is 0.462 e. The van der Waals surface area contributed by atoms with Crippen molar-refractivity contribution < 1.29 is 19.1 Å². The maximum absolute atomic E-state index is 12.7. The first-order valence-corrected chi connectivity index (χ1v) is 8.35. The molecule has 0 radical (unpaired) electrons. The van der Waals surface area contributed by atoms with E-state index in [0.29, 0.717) is 19.5 Å². The molecule has 0 aliphatic carbocycles. The molecule has 1 rings (SSSR count). The molecule has 0 spiro atoms. The third-order valence-corrected chi connectivity index (χ3v) is 3.41. The normalized spacial score (nSPS) is 10.3. The van der Waals surface area contributed by atoms with Gasteiger partial charge in [0.15, 0.2) is 0 Å². The molecule has 0 heterocycles.